The average Bonchev–Trinajstić information content (AvgIpc) is 4.16. The normalized spacial score (nSPS) is 12.1. The molecule has 0 aliphatic carbocycles. The number of nitrogens with zero attached hydrogens (tertiary/aromatic N) is 6. The van der Waals surface area contributed by atoms with Gasteiger partial charge in [-0.05, 0) is 40.1 Å². The third-order valence-electron chi connectivity index (χ3n) is 14.1. The van der Waals surface area contributed by atoms with E-state index in [2.05, 4.69) is 129 Å². The summed E-state index contributed by atoms with van der Waals surface area (Å²) < 4.78 is 9.34. The quantitative estimate of drug-likeness (QED) is 0.131. The third kappa shape index (κ3) is 4.77. The van der Waals surface area contributed by atoms with Gasteiger partial charge < -0.3 is 9.13 Å². The fourth-order valence-corrected chi connectivity index (χ4v) is 13.8. The van der Waals surface area contributed by atoms with E-state index in [9.17, 15) is 11.8 Å². The molecule has 0 atom stereocenters. The molecule has 8 heteroatoms. The molecule has 312 valence electrons. The van der Waals surface area contributed by atoms with E-state index in [4.69, 9.17) is 9.97 Å². The SMILES string of the molecule is [C-]#[N+]c1c(-c2ccccc2)c(C#N)c(-n2c3c(ccc4c5ccccc5sc43)c3ccc4sc5ccccc5c4c32)c(-c2ccccc2)c1-n1c2cncc3c4ccccc4c4cncc1c4c32. The van der Waals surface area contributed by atoms with Crippen LogP contribution >= 0.6 is 22.7 Å². The average molecular weight is 899 g/mol. The number of benzene rings is 9. The zero-order chi connectivity index (χ0) is 44.8. The Kier molecular flexibility index (Phi) is 7.58. The Hall–Kier alpha value is -8.92. The summed E-state index contributed by atoms with van der Waals surface area (Å²) in [7, 11) is 0. The molecular weight excluding hydrogens is 869 g/mol. The molecule has 0 radical (unpaired) electrons. The van der Waals surface area contributed by atoms with Gasteiger partial charge >= 0.3 is 0 Å². The van der Waals surface area contributed by atoms with E-state index >= 15 is 0 Å². The molecule has 0 saturated heterocycles. The predicted octanol–water partition coefficient (Wildman–Crippen LogP) is 16.9. The van der Waals surface area contributed by atoms with Crippen LogP contribution in [0.2, 0.25) is 0 Å². The van der Waals surface area contributed by atoms with Crippen molar-refractivity contribution in [2.45, 2.75) is 0 Å². The first kappa shape index (κ1) is 37.3. The number of fused-ring (bicyclic) bond motifs is 14. The molecule has 15 aromatic rings. The van der Waals surface area contributed by atoms with Crippen LogP contribution < -0.4 is 0 Å². The van der Waals surface area contributed by atoms with Crippen LogP contribution in [-0.4, -0.2) is 19.1 Å². The Morgan fingerprint density at radius 3 is 1.63 bits per heavy atom. The van der Waals surface area contributed by atoms with Crippen LogP contribution in [0.3, 0.4) is 0 Å². The van der Waals surface area contributed by atoms with E-state index in [1.807, 2.05) is 73.3 Å². The first-order chi connectivity index (χ1) is 33.7. The minimum Gasteiger partial charge on any atom is -0.315 e. The maximum atomic E-state index is 12.1. The second kappa shape index (κ2) is 13.8. The summed E-state index contributed by atoms with van der Waals surface area (Å²) in [4.78, 5) is 14.5. The van der Waals surface area contributed by atoms with E-state index in [0.29, 0.717) is 28.2 Å². The fourth-order valence-electron chi connectivity index (χ4n) is 11.4. The molecule has 0 spiro atoms. The Balaban J connectivity index is 1.27. The molecule has 6 aromatic heterocycles. The summed E-state index contributed by atoms with van der Waals surface area (Å²) >= 11 is 3.58. The van der Waals surface area contributed by atoms with Crippen LogP contribution in [0.1, 0.15) is 5.56 Å². The molecule has 68 heavy (non-hydrogen) atoms. The lowest BCUT2D eigenvalue weighted by Gasteiger charge is -2.26. The lowest BCUT2D eigenvalue weighted by molar-refractivity contribution is 1.13. The van der Waals surface area contributed by atoms with Crippen molar-refractivity contribution < 1.29 is 0 Å². The molecule has 0 aliphatic heterocycles. The summed E-state index contributed by atoms with van der Waals surface area (Å²) in [6.07, 6.45) is 7.79. The van der Waals surface area contributed by atoms with Gasteiger partial charge in [0.05, 0.1) is 62.7 Å². The summed E-state index contributed by atoms with van der Waals surface area (Å²) in [6, 6.07) is 58.0. The summed E-state index contributed by atoms with van der Waals surface area (Å²) in [5.41, 5.74) is 8.97. The molecule has 15 rings (SSSR count). The maximum Gasteiger partial charge on any atom is 0.220 e. The maximum absolute atomic E-state index is 12.1. The number of hydrogen-bond acceptors (Lipinski definition) is 5. The number of pyridine rings is 2. The molecule has 6 heterocycles. The monoisotopic (exact) mass is 898 g/mol. The van der Waals surface area contributed by atoms with Crippen molar-refractivity contribution in [2.75, 3.05) is 0 Å². The molecule has 0 unspecified atom stereocenters. The van der Waals surface area contributed by atoms with Crippen molar-refractivity contribution >= 4 is 134 Å². The topological polar surface area (TPSA) is 63.8 Å². The molecular formula is C60H30N6S2. The summed E-state index contributed by atoms with van der Waals surface area (Å²) in [5.74, 6) is 0. The number of thiophene rings is 2. The van der Waals surface area contributed by atoms with Gasteiger partial charge in [-0.25, -0.2) is 4.85 Å². The molecule has 0 bridgehead atoms. The minimum absolute atomic E-state index is 0.376. The Bertz CT molecular complexity index is 4670. The Labute approximate surface area is 395 Å². The summed E-state index contributed by atoms with van der Waals surface area (Å²) in [6.45, 7) is 9.35. The largest absolute Gasteiger partial charge is 0.315 e. The van der Waals surface area contributed by atoms with Crippen molar-refractivity contribution in [1.82, 2.24) is 19.1 Å². The van der Waals surface area contributed by atoms with Crippen molar-refractivity contribution in [3.63, 3.8) is 0 Å². The number of rotatable bonds is 4. The van der Waals surface area contributed by atoms with Gasteiger partial charge in [-0.2, -0.15) is 5.26 Å². The van der Waals surface area contributed by atoms with Crippen LogP contribution in [0.25, 0.3) is 144 Å². The molecule has 0 aliphatic rings. The smallest absolute Gasteiger partial charge is 0.220 e. The highest BCUT2D eigenvalue weighted by Gasteiger charge is 2.34. The number of hydrogen-bond donors (Lipinski definition) is 0. The highest BCUT2D eigenvalue weighted by molar-refractivity contribution is 7.27. The molecule has 0 N–H and O–H groups in total. The lowest BCUT2D eigenvalue weighted by Crippen LogP contribution is -2.09. The Morgan fingerprint density at radius 1 is 0.441 bits per heavy atom. The molecule has 6 nitrogen and oxygen atoms in total. The van der Waals surface area contributed by atoms with Crippen LogP contribution in [0.5, 0.6) is 0 Å². The zero-order valence-corrected chi connectivity index (χ0v) is 37.5. The van der Waals surface area contributed by atoms with E-state index in [0.717, 1.165) is 107 Å². The third-order valence-corrected chi connectivity index (χ3v) is 16.4. The predicted molar refractivity (Wildman–Crippen MR) is 285 cm³/mol. The first-order valence-electron chi connectivity index (χ1n) is 22.4. The van der Waals surface area contributed by atoms with Crippen molar-refractivity contribution in [3.8, 4) is 39.7 Å². The van der Waals surface area contributed by atoms with Crippen LogP contribution in [0.4, 0.5) is 5.69 Å². The summed E-state index contributed by atoms with van der Waals surface area (Å²) in [5, 5.41) is 25.3. The molecule has 0 saturated carbocycles. The number of nitriles is 1. The standard InChI is InChI=1S/C60H30N6S2/c1-62-55-50(33-14-4-2-5-15-33)42(28-61)57(51(34-16-6-3-7-17-34)59(55)65-45-31-63-29-43-35-18-8-9-19-36(35)44-30-64-32-46(65)53(44)52(43)45)66-56-38(26-27-49-54(56)41-21-11-13-23-48(41)67-49)39-24-25-40-37-20-10-12-22-47(37)68-60(40)58(39)66/h2-27,29-32H. The Morgan fingerprint density at radius 2 is 0.985 bits per heavy atom. The second-order valence-electron chi connectivity index (χ2n) is 17.4. The van der Waals surface area contributed by atoms with E-state index in [1.54, 1.807) is 22.7 Å². The first-order valence-corrected chi connectivity index (χ1v) is 24.0. The molecule has 0 fully saturated rings. The van der Waals surface area contributed by atoms with Gasteiger partial charge in [0.15, 0.2) is 0 Å². The highest BCUT2D eigenvalue weighted by Crippen LogP contribution is 2.55. The molecule has 0 amide bonds. The van der Waals surface area contributed by atoms with E-state index in [-0.39, 0.29) is 0 Å². The van der Waals surface area contributed by atoms with Crippen LogP contribution in [0.15, 0.2) is 183 Å². The van der Waals surface area contributed by atoms with Gasteiger partial charge in [-0.3, -0.25) is 9.97 Å². The molecule has 9 aromatic carbocycles. The van der Waals surface area contributed by atoms with Gasteiger partial charge in [0, 0.05) is 91.5 Å². The van der Waals surface area contributed by atoms with Gasteiger partial charge in [0.1, 0.15) is 6.07 Å². The van der Waals surface area contributed by atoms with E-state index in [1.165, 1.54) is 14.8 Å². The van der Waals surface area contributed by atoms with Crippen molar-refractivity contribution in [2.24, 2.45) is 0 Å². The van der Waals surface area contributed by atoms with Gasteiger partial charge in [0.25, 0.3) is 0 Å². The van der Waals surface area contributed by atoms with Crippen molar-refractivity contribution in [1.29, 1.82) is 5.26 Å². The highest BCUT2D eigenvalue weighted by atomic mass is 32.1. The zero-order valence-electron chi connectivity index (χ0n) is 35.8. The van der Waals surface area contributed by atoms with Crippen LogP contribution in [-0.2, 0) is 0 Å². The minimum atomic E-state index is 0.376. The second-order valence-corrected chi connectivity index (χ2v) is 19.5. The van der Waals surface area contributed by atoms with E-state index < -0.39 is 0 Å². The van der Waals surface area contributed by atoms with Crippen molar-refractivity contribution in [3.05, 3.63) is 199 Å². The van der Waals surface area contributed by atoms with Gasteiger partial charge in [-0.15, -0.1) is 22.7 Å². The van der Waals surface area contributed by atoms with Crippen LogP contribution in [0, 0.1) is 17.9 Å². The van der Waals surface area contributed by atoms with Gasteiger partial charge in [0.2, 0.25) is 5.69 Å². The number of aromatic nitrogens is 4. The van der Waals surface area contributed by atoms with Gasteiger partial charge in [-0.1, -0.05) is 140 Å². The fraction of sp³-hybridized carbons (Fsp3) is 0. The lowest BCUT2D eigenvalue weighted by atomic mass is 9.88.